The van der Waals surface area contributed by atoms with Crippen LogP contribution in [-0.2, 0) is 16.2 Å². The summed E-state index contributed by atoms with van der Waals surface area (Å²) in [5, 5.41) is 6.28. The lowest BCUT2D eigenvalue weighted by atomic mass is 10.2. The quantitative estimate of drug-likeness (QED) is 0.317. The number of thiophene rings is 1. The number of aryl methyl sites for hydroxylation is 1. The molecule has 168 valence electrons. The minimum atomic E-state index is -0.547. The summed E-state index contributed by atoms with van der Waals surface area (Å²) < 4.78 is 6.98. The van der Waals surface area contributed by atoms with Gasteiger partial charge in [0.15, 0.2) is 12.4 Å². The molecule has 0 spiro atoms. The number of nitrogens with zero attached hydrogens (tertiary/aromatic N) is 3. The number of rotatable bonds is 8. The number of para-hydroxylation sites is 2. The Labute approximate surface area is 194 Å². The van der Waals surface area contributed by atoms with Gasteiger partial charge in [-0.2, -0.15) is 4.68 Å². The molecule has 0 aliphatic rings. The Hall–Kier alpha value is -3.98. The van der Waals surface area contributed by atoms with Gasteiger partial charge in [0, 0.05) is 0 Å². The first-order valence-electron chi connectivity index (χ1n) is 10.2. The highest BCUT2D eigenvalue weighted by atomic mass is 32.1. The van der Waals surface area contributed by atoms with Crippen LogP contribution in [0.1, 0.15) is 23.2 Å². The summed E-state index contributed by atoms with van der Waals surface area (Å²) in [6.45, 7) is 3.35. The Bertz CT molecular complexity index is 1360. The van der Waals surface area contributed by atoms with Crippen LogP contribution in [-0.4, -0.2) is 27.9 Å². The van der Waals surface area contributed by atoms with Crippen LogP contribution in [0.25, 0.3) is 10.9 Å². The molecule has 9 heteroatoms. The number of aromatic nitrogens is 2. The summed E-state index contributed by atoms with van der Waals surface area (Å²) >= 11 is 1.52. The van der Waals surface area contributed by atoms with E-state index in [1.807, 2.05) is 48.7 Å². The highest BCUT2D eigenvalue weighted by Gasteiger charge is 2.15. The smallest absolute Gasteiger partial charge is 0.280 e. The monoisotopic (exact) mass is 462 g/mol. The molecular formula is C24H22N4O4S. The van der Waals surface area contributed by atoms with Gasteiger partial charge in [-0.3, -0.25) is 15.0 Å². The first kappa shape index (κ1) is 22.2. The number of hydrogen-bond acceptors (Lipinski definition) is 7. The van der Waals surface area contributed by atoms with Crippen molar-refractivity contribution in [2.45, 2.75) is 20.5 Å². The SMILES string of the molecule is C/C(=N\OCC(=O)Nn1c(COc2ccccc2C)nc2ccccc2c1=O)c1cccs1. The molecule has 4 aromatic rings. The van der Waals surface area contributed by atoms with Crippen molar-refractivity contribution in [3.05, 3.63) is 92.7 Å². The maximum atomic E-state index is 13.1. The van der Waals surface area contributed by atoms with Crippen molar-refractivity contribution < 1.29 is 14.4 Å². The predicted octanol–water partition coefficient (Wildman–Crippen LogP) is 3.86. The van der Waals surface area contributed by atoms with Crippen molar-refractivity contribution >= 4 is 33.9 Å². The lowest BCUT2D eigenvalue weighted by Gasteiger charge is -2.15. The van der Waals surface area contributed by atoms with Crippen molar-refractivity contribution in [1.29, 1.82) is 0 Å². The Morgan fingerprint density at radius 3 is 2.70 bits per heavy atom. The molecular weight excluding hydrogens is 440 g/mol. The molecule has 1 N–H and O–H groups in total. The van der Waals surface area contributed by atoms with Gasteiger partial charge in [-0.1, -0.05) is 41.6 Å². The zero-order valence-corrected chi connectivity index (χ0v) is 19.0. The van der Waals surface area contributed by atoms with E-state index in [2.05, 4.69) is 15.6 Å². The molecule has 8 nitrogen and oxygen atoms in total. The second-order valence-electron chi connectivity index (χ2n) is 7.20. The summed E-state index contributed by atoms with van der Waals surface area (Å²) in [7, 11) is 0. The second-order valence-corrected chi connectivity index (χ2v) is 8.15. The highest BCUT2D eigenvalue weighted by molar-refractivity contribution is 7.12. The number of ether oxygens (including phenoxy) is 1. The van der Waals surface area contributed by atoms with Crippen LogP contribution in [0.4, 0.5) is 0 Å². The zero-order chi connectivity index (χ0) is 23.2. The van der Waals surface area contributed by atoms with E-state index in [1.165, 1.54) is 11.3 Å². The Morgan fingerprint density at radius 1 is 1.12 bits per heavy atom. The number of carbonyl (C=O) groups is 1. The molecule has 4 rings (SSSR count). The Kier molecular flexibility index (Phi) is 6.80. The van der Waals surface area contributed by atoms with Gasteiger partial charge in [0.05, 0.1) is 21.5 Å². The fraction of sp³-hybridized carbons (Fsp3) is 0.167. The van der Waals surface area contributed by atoms with Crippen LogP contribution in [0.5, 0.6) is 5.75 Å². The third-order valence-electron chi connectivity index (χ3n) is 4.81. The number of oxime groups is 1. The van der Waals surface area contributed by atoms with Crippen molar-refractivity contribution in [3.63, 3.8) is 0 Å². The number of carbonyl (C=O) groups excluding carboxylic acids is 1. The molecule has 0 radical (unpaired) electrons. The molecule has 0 fully saturated rings. The average Bonchev–Trinajstić information content (AvgIpc) is 3.36. The third kappa shape index (κ3) is 5.27. The van der Waals surface area contributed by atoms with Crippen LogP contribution < -0.4 is 15.7 Å². The largest absolute Gasteiger partial charge is 0.485 e. The molecule has 33 heavy (non-hydrogen) atoms. The molecule has 2 aromatic carbocycles. The molecule has 0 aliphatic carbocycles. The van der Waals surface area contributed by atoms with Gasteiger partial charge in [0.25, 0.3) is 11.5 Å². The maximum Gasteiger partial charge on any atom is 0.280 e. The van der Waals surface area contributed by atoms with Crippen molar-refractivity contribution in [2.75, 3.05) is 12.0 Å². The molecule has 0 saturated carbocycles. The van der Waals surface area contributed by atoms with E-state index in [9.17, 15) is 9.59 Å². The van der Waals surface area contributed by atoms with E-state index < -0.39 is 11.5 Å². The molecule has 0 atom stereocenters. The van der Waals surface area contributed by atoms with Gasteiger partial charge >= 0.3 is 0 Å². The van der Waals surface area contributed by atoms with Gasteiger partial charge in [0.2, 0.25) is 0 Å². The van der Waals surface area contributed by atoms with Gasteiger partial charge in [-0.25, -0.2) is 4.98 Å². The number of nitrogens with one attached hydrogen (secondary N) is 1. The summed E-state index contributed by atoms with van der Waals surface area (Å²) in [5.74, 6) is 0.377. The van der Waals surface area contributed by atoms with Crippen LogP contribution in [0.15, 0.2) is 76.0 Å². The van der Waals surface area contributed by atoms with Crippen LogP contribution in [0.2, 0.25) is 0 Å². The zero-order valence-electron chi connectivity index (χ0n) is 18.1. The normalized spacial score (nSPS) is 11.4. The first-order chi connectivity index (χ1) is 16.0. The lowest BCUT2D eigenvalue weighted by molar-refractivity contribution is -0.121. The topological polar surface area (TPSA) is 94.8 Å². The van der Waals surface area contributed by atoms with Gasteiger partial charge in [0.1, 0.15) is 12.4 Å². The lowest BCUT2D eigenvalue weighted by Crippen LogP contribution is -2.38. The number of amides is 1. The molecule has 0 bridgehead atoms. The fourth-order valence-corrected chi connectivity index (χ4v) is 3.79. The summed E-state index contributed by atoms with van der Waals surface area (Å²) in [4.78, 5) is 36.3. The minimum Gasteiger partial charge on any atom is -0.485 e. The van der Waals surface area contributed by atoms with E-state index in [4.69, 9.17) is 9.57 Å². The van der Waals surface area contributed by atoms with Gasteiger partial charge in [-0.15, -0.1) is 11.3 Å². The molecule has 1 amide bonds. The second kappa shape index (κ2) is 10.1. The van der Waals surface area contributed by atoms with Crippen molar-refractivity contribution in [3.8, 4) is 5.75 Å². The van der Waals surface area contributed by atoms with Crippen LogP contribution >= 0.6 is 11.3 Å². The van der Waals surface area contributed by atoms with E-state index in [-0.39, 0.29) is 19.0 Å². The molecule has 2 heterocycles. The standard InChI is InChI=1S/C24H22N4O4S/c1-16-8-3-6-11-20(16)31-14-22-25-19-10-5-4-9-18(19)24(30)28(22)26-23(29)15-32-27-17(2)21-12-7-13-33-21/h3-13H,14-15H2,1-2H3,(H,26,29)/b27-17+. The van der Waals surface area contributed by atoms with E-state index in [1.54, 1.807) is 31.2 Å². The predicted molar refractivity (Wildman–Crippen MR) is 128 cm³/mol. The fourth-order valence-electron chi connectivity index (χ4n) is 3.13. The average molecular weight is 463 g/mol. The number of benzene rings is 2. The third-order valence-corrected chi connectivity index (χ3v) is 5.79. The van der Waals surface area contributed by atoms with Crippen LogP contribution in [0, 0.1) is 6.92 Å². The van der Waals surface area contributed by atoms with Gasteiger partial charge < -0.3 is 9.57 Å². The van der Waals surface area contributed by atoms with Crippen LogP contribution in [0.3, 0.4) is 0 Å². The number of hydrogen-bond donors (Lipinski definition) is 1. The first-order valence-corrected chi connectivity index (χ1v) is 11.1. The van der Waals surface area contributed by atoms with E-state index in [0.717, 1.165) is 15.1 Å². The van der Waals surface area contributed by atoms with E-state index in [0.29, 0.717) is 22.4 Å². The molecule has 0 saturated heterocycles. The molecule has 2 aromatic heterocycles. The van der Waals surface area contributed by atoms with Gasteiger partial charge in [-0.05, 0) is 49.1 Å². The number of fused-ring (bicyclic) bond motifs is 1. The van der Waals surface area contributed by atoms with Crippen molar-refractivity contribution in [1.82, 2.24) is 9.66 Å². The van der Waals surface area contributed by atoms with E-state index >= 15 is 0 Å². The Balaban J connectivity index is 1.54. The summed E-state index contributed by atoms with van der Waals surface area (Å²) in [5.41, 5.74) is 4.28. The molecule has 0 aliphatic heterocycles. The minimum absolute atomic E-state index is 0.0122. The maximum absolute atomic E-state index is 13.1. The summed E-state index contributed by atoms with van der Waals surface area (Å²) in [6.07, 6.45) is 0. The van der Waals surface area contributed by atoms with Crippen molar-refractivity contribution in [2.24, 2.45) is 5.16 Å². The summed E-state index contributed by atoms with van der Waals surface area (Å²) in [6, 6.07) is 18.3. The molecule has 0 unspecified atom stereocenters. The highest BCUT2D eigenvalue weighted by Crippen LogP contribution is 2.18. The Morgan fingerprint density at radius 2 is 1.91 bits per heavy atom.